The standard InChI is InChI=1S/C23H21N7O3/c31-20(11-18-22(33)25-17-8-4-2-6-15(17)21(32)26-18)28-23-27-19(29-30-23)10-9-13-12-24-16-7-3-1-5-14(13)16/h1-8,12,18,24H,9-11H2,(H,25,33)(H,26,32)(H2,27,28,29,30,31)/t18-/m0/s1. The summed E-state index contributed by atoms with van der Waals surface area (Å²) in [4.78, 5) is 44.9. The maximum absolute atomic E-state index is 12.5. The van der Waals surface area contributed by atoms with E-state index in [1.165, 1.54) is 5.56 Å². The highest BCUT2D eigenvalue weighted by molar-refractivity contribution is 6.11. The minimum absolute atomic E-state index is 0.123. The zero-order valence-corrected chi connectivity index (χ0v) is 17.5. The van der Waals surface area contributed by atoms with Crippen LogP contribution in [0.15, 0.2) is 54.7 Å². The number of benzene rings is 2. The first-order valence-electron chi connectivity index (χ1n) is 10.5. The van der Waals surface area contributed by atoms with Crippen molar-refractivity contribution < 1.29 is 14.4 Å². The van der Waals surface area contributed by atoms with E-state index in [-0.39, 0.29) is 12.4 Å². The van der Waals surface area contributed by atoms with E-state index in [4.69, 9.17) is 0 Å². The Labute approximate surface area is 188 Å². The van der Waals surface area contributed by atoms with Gasteiger partial charge in [0.1, 0.15) is 11.9 Å². The van der Waals surface area contributed by atoms with Crippen molar-refractivity contribution >= 4 is 40.3 Å². The molecule has 1 aliphatic rings. The van der Waals surface area contributed by atoms with Gasteiger partial charge >= 0.3 is 0 Å². The van der Waals surface area contributed by atoms with E-state index >= 15 is 0 Å². The van der Waals surface area contributed by atoms with Crippen LogP contribution in [0.2, 0.25) is 0 Å². The van der Waals surface area contributed by atoms with Crippen molar-refractivity contribution in [1.29, 1.82) is 0 Å². The number of nitrogens with one attached hydrogen (secondary N) is 5. The second-order valence-corrected chi connectivity index (χ2v) is 7.78. The van der Waals surface area contributed by atoms with Gasteiger partial charge < -0.3 is 15.6 Å². The van der Waals surface area contributed by atoms with E-state index < -0.39 is 23.8 Å². The molecule has 0 bridgehead atoms. The SMILES string of the molecule is O=C(C[C@@H]1NC(=O)c2ccccc2NC1=O)Nc1n[nH]c(CCc2c[nH]c3ccccc23)n1. The fourth-order valence-corrected chi connectivity index (χ4v) is 3.87. The Hall–Kier alpha value is -4.47. The molecule has 10 nitrogen and oxygen atoms in total. The fourth-order valence-electron chi connectivity index (χ4n) is 3.87. The van der Waals surface area contributed by atoms with Gasteiger partial charge in [0.15, 0.2) is 0 Å². The molecule has 3 amide bonds. The number of aromatic nitrogens is 4. The lowest BCUT2D eigenvalue weighted by atomic mass is 10.1. The quantitative estimate of drug-likeness (QED) is 0.310. The van der Waals surface area contributed by atoms with Crippen molar-refractivity contribution in [2.45, 2.75) is 25.3 Å². The number of fused-ring (bicyclic) bond motifs is 2. The molecule has 33 heavy (non-hydrogen) atoms. The molecule has 0 unspecified atom stereocenters. The number of para-hydroxylation sites is 2. The number of rotatable bonds is 6. The summed E-state index contributed by atoms with van der Waals surface area (Å²) in [5.41, 5.74) is 3.01. The number of aryl methyl sites for hydroxylation is 2. The number of anilines is 2. The van der Waals surface area contributed by atoms with Crippen LogP contribution in [0.4, 0.5) is 11.6 Å². The molecule has 5 rings (SSSR count). The first-order chi connectivity index (χ1) is 16.1. The number of nitrogens with zero attached hydrogens (tertiary/aromatic N) is 2. The third-order valence-corrected chi connectivity index (χ3v) is 5.53. The predicted molar refractivity (Wildman–Crippen MR) is 122 cm³/mol. The van der Waals surface area contributed by atoms with E-state index in [0.29, 0.717) is 23.5 Å². The van der Waals surface area contributed by atoms with E-state index in [2.05, 4.69) is 42.2 Å². The third-order valence-electron chi connectivity index (χ3n) is 5.53. The molecule has 5 N–H and O–H groups in total. The van der Waals surface area contributed by atoms with Crippen molar-refractivity contribution in [3.8, 4) is 0 Å². The van der Waals surface area contributed by atoms with Crippen LogP contribution in [0.3, 0.4) is 0 Å². The monoisotopic (exact) mass is 443 g/mol. The molecule has 2 aromatic heterocycles. The van der Waals surface area contributed by atoms with Crippen LogP contribution in [0, 0.1) is 0 Å². The molecule has 0 fully saturated rings. The molecule has 0 saturated carbocycles. The van der Waals surface area contributed by atoms with Crippen LogP contribution in [-0.4, -0.2) is 43.9 Å². The Balaban J connectivity index is 1.18. The molecular formula is C23H21N7O3. The minimum atomic E-state index is -1.01. The summed E-state index contributed by atoms with van der Waals surface area (Å²) in [6.07, 6.45) is 3.10. The molecule has 166 valence electrons. The average molecular weight is 443 g/mol. The van der Waals surface area contributed by atoms with Crippen molar-refractivity contribution in [2.24, 2.45) is 0 Å². The normalized spacial score (nSPS) is 15.5. The van der Waals surface area contributed by atoms with Gasteiger partial charge in [-0.25, -0.2) is 0 Å². The lowest BCUT2D eigenvalue weighted by Crippen LogP contribution is -2.43. The highest BCUT2D eigenvalue weighted by Crippen LogP contribution is 2.20. The number of carbonyl (C=O) groups is 3. The molecule has 0 saturated heterocycles. The molecule has 2 aromatic carbocycles. The Kier molecular flexibility index (Phi) is 5.31. The molecule has 3 heterocycles. The fraction of sp³-hybridized carbons (Fsp3) is 0.174. The first kappa shape index (κ1) is 20.4. The van der Waals surface area contributed by atoms with Crippen LogP contribution in [-0.2, 0) is 22.4 Å². The van der Waals surface area contributed by atoms with Gasteiger partial charge in [-0.15, -0.1) is 5.10 Å². The van der Waals surface area contributed by atoms with Gasteiger partial charge in [-0.3, -0.25) is 24.8 Å². The largest absolute Gasteiger partial charge is 0.361 e. The predicted octanol–water partition coefficient (Wildman–Crippen LogP) is 2.15. The summed E-state index contributed by atoms with van der Waals surface area (Å²) in [5.74, 6) is -0.607. The molecule has 0 aliphatic carbocycles. The van der Waals surface area contributed by atoms with E-state index in [9.17, 15) is 14.4 Å². The van der Waals surface area contributed by atoms with Crippen molar-refractivity contribution in [1.82, 2.24) is 25.5 Å². The summed E-state index contributed by atoms with van der Waals surface area (Å²) < 4.78 is 0. The lowest BCUT2D eigenvalue weighted by molar-refractivity contribution is -0.122. The topological polar surface area (TPSA) is 145 Å². The Bertz CT molecular complexity index is 1360. The molecule has 0 radical (unpaired) electrons. The van der Waals surface area contributed by atoms with Crippen molar-refractivity contribution in [2.75, 3.05) is 10.6 Å². The molecular weight excluding hydrogens is 422 g/mol. The second kappa shape index (κ2) is 8.58. The van der Waals surface area contributed by atoms with E-state index in [1.807, 2.05) is 24.4 Å². The summed E-state index contributed by atoms with van der Waals surface area (Å²) >= 11 is 0. The maximum Gasteiger partial charge on any atom is 0.254 e. The number of aromatic amines is 2. The van der Waals surface area contributed by atoms with Crippen molar-refractivity contribution in [3.63, 3.8) is 0 Å². The molecule has 4 aromatic rings. The van der Waals surface area contributed by atoms with E-state index in [1.54, 1.807) is 24.3 Å². The number of H-pyrrole nitrogens is 2. The molecule has 1 aliphatic heterocycles. The third kappa shape index (κ3) is 4.31. The summed E-state index contributed by atoms with van der Waals surface area (Å²) in [6, 6.07) is 13.7. The summed E-state index contributed by atoms with van der Waals surface area (Å²) in [7, 11) is 0. The summed E-state index contributed by atoms with van der Waals surface area (Å²) in [5, 5.41) is 15.9. The van der Waals surface area contributed by atoms with Crippen LogP contribution in [0.1, 0.15) is 28.2 Å². The second-order valence-electron chi connectivity index (χ2n) is 7.78. The van der Waals surface area contributed by atoms with E-state index in [0.717, 1.165) is 17.3 Å². The smallest absolute Gasteiger partial charge is 0.254 e. The van der Waals surface area contributed by atoms with Gasteiger partial charge in [0.2, 0.25) is 17.8 Å². The number of hydrogen-bond acceptors (Lipinski definition) is 5. The van der Waals surface area contributed by atoms with Gasteiger partial charge in [-0.2, -0.15) is 4.98 Å². The Morgan fingerprint density at radius 3 is 2.76 bits per heavy atom. The van der Waals surface area contributed by atoms with Gasteiger partial charge in [0.25, 0.3) is 5.91 Å². The lowest BCUT2D eigenvalue weighted by Gasteiger charge is -2.13. The molecule has 1 atom stereocenters. The Morgan fingerprint density at radius 1 is 1.03 bits per heavy atom. The number of hydrogen-bond donors (Lipinski definition) is 5. The zero-order chi connectivity index (χ0) is 22.8. The minimum Gasteiger partial charge on any atom is -0.361 e. The maximum atomic E-state index is 12.5. The molecule has 10 heteroatoms. The number of amides is 3. The zero-order valence-electron chi connectivity index (χ0n) is 17.5. The van der Waals surface area contributed by atoms with Gasteiger partial charge in [-0.1, -0.05) is 30.3 Å². The Morgan fingerprint density at radius 2 is 1.85 bits per heavy atom. The van der Waals surface area contributed by atoms with Crippen LogP contribution >= 0.6 is 0 Å². The van der Waals surface area contributed by atoms with Crippen LogP contribution < -0.4 is 16.0 Å². The van der Waals surface area contributed by atoms with Gasteiger partial charge in [0.05, 0.1) is 17.7 Å². The van der Waals surface area contributed by atoms with Crippen LogP contribution in [0.25, 0.3) is 10.9 Å². The van der Waals surface area contributed by atoms with Crippen molar-refractivity contribution in [3.05, 3.63) is 71.7 Å². The van der Waals surface area contributed by atoms with Gasteiger partial charge in [-0.05, 0) is 30.2 Å². The van der Waals surface area contributed by atoms with Crippen LogP contribution in [0.5, 0.6) is 0 Å². The molecule has 0 spiro atoms. The highest BCUT2D eigenvalue weighted by Gasteiger charge is 2.29. The number of carbonyl (C=O) groups excluding carboxylic acids is 3. The first-order valence-corrected chi connectivity index (χ1v) is 10.5. The van der Waals surface area contributed by atoms with Gasteiger partial charge in [0, 0.05) is 23.5 Å². The average Bonchev–Trinajstić information content (AvgIpc) is 3.41. The summed E-state index contributed by atoms with van der Waals surface area (Å²) in [6.45, 7) is 0. The highest BCUT2D eigenvalue weighted by atomic mass is 16.2.